The molecule has 0 aliphatic carbocycles. The highest BCUT2D eigenvalue weighted by atomic mass is 35.5. The van der Waals surface area contributed by atoms with Crippen LogP contribution in [-0.2, 0) is 19.3 Å². The summed E-state index contributed by atoms with van der Waals surface area (Å²) < 4.78 is 40.2. The molecule has 1 aromatic carbocycles. The summed E-state index contributed by atoms with van der Waals surface area (Å²) >= 11 is 6.37. The molecule has 0 bridgehead atoms. The van der Waals surface area contributed by atoms with Crippen LogP contribution in [0.4, 0.5) is 18.9 Å². The van der Waals surface area contributed by atoms with Crippen LogP contribution in [0.3, 0.4) is 0 Å². The van der Waals surface area contributed by atoms with Gasteiger partial charge in [-0.1, -0.05) is 11.6 Å². The molecule has 0 saturated heterocycles. The van der Waals surface area contributed by atoms with Gasteiger partial charge in [0.25, 0.3) is 11.7 Å². The number of halogens is 4. The van der Waals surface area contributed by atoms with Gasteiger partial charge in [0.2, 0.25) is 0 Å². The Bertz CT molecular complexity index is 1600. The number of pyridine rings is 1. The zero-order chi connectivity index (χ0) is 29.2. The summed E-state index contributed by atoms with van der Waals surface area (Å²) in [4.78, 5) is 18.2. The van der Waals surface area contributed by atoms with Gasteiger partial charge in [0, 0.05) is 11.7 Å². The van der Waals surface area contributed by atoms with Crippen LogP contribution in [0.2, 0.25) is 5.02 Å². The third-order valence-electron chi connectivity index (χ3n) is 5.43. The van der Waals surface area contributed by atoms with E-state index in [2.05, 4.69) is 42.2 Å². The maximum absolute atomic E-state index is 13.1. The minimum Gasteiger partial charge on any atom is -0.379 e. The molecule has 4 rings (SSSR count). The van der Waals surface area contributed by atoms with Crippen LogP contribution in [0.15, 0.2) is 36.5 Å². The van der Waals surface area contributed by atoms with Crippen molar-refractivity contribution in [3.05, 3.63) is 75.5 Å². The molecule has 0 aliphatic rings. The second-order valence-corrected chi connectivity index (χ2v) is 10.3. The molecule has 3 aromatic heterocycles. The Morgan fingerprint density at radius 1 is 1.18 bits per heavy atom. The van der Waals surface area contributed by atoms with Crippen LogP contribution < -0.4 is 10.6 Å². The van der Waals surface area contributed by atoms with Crippen LogP contribution in [0.5, 0.6) is 0 Å². The van der Waals surface area contributed by atoms with Crippen LogP contribution in [-0.4, -0.2) is 46.4 Å². The minimum absolute atomic E-state index is 0.112. The molecule has 208 valence electrons. The summed E-state index contributed by atoms with van der Waals surface area (Å²) in [6.07, 6.45) is -3.21. The van der Waals surface area contributed by atoms with Gasteiger partial charge >= 0.3 is 6.18 Å². The van der Waals surface area contributed by atoms with Gasteiger partial charge in [0.05, 0.1) is 45.8 Å². The quantitative estimate of drug-likeness (QED) is 0.334. The number of amides is 1. The molecule has 1 amide bonds. The van der Waals surface area contributed by atoms with E-state index in [1.165, 1.54) is 16.9 Å². The number of aromatic nitrogens is 7. The Labute approximate surface area is 232 Å². The first-order valence-corrected chi connectivity index (χ1v) is 12.3. The molecular formula is C25H24ClF3N10O. The highest BCUT2D eigenvalue weighted by Gasteiger charge is 2.36. The first-order chi connectivity index (χ1) is 18.7. The van der Waals surface area contributed by atoms with Crippen molar-refractivity contribution >= 4 is 23.2 Å². The average Bonchev–Trinajstić information content (AvgIpc) is 3.49. The number of hydrogen-bond acceptors (Lipinski definition) is 8. The van der Waals surface area contributed by atoms with E-state index in [0.717, 1.165) is 4.80 Å². The van der Waals surface area contributed by atoms with Gasteiger partial charge < -0.3 is 10.6 Å². The van der Waals surface area contributed by atoms with Crippen LogP contribution in [0, 0.1) is 18.3 Å². The molecule has 0 aliphatic heterocycles. The fraction of sp³-hybridized carbons (Fsp3) is 0.320. The van der Waals surface area contributed by atoms with E-state index in [1.54, 1.807) is 31.2 Å². The smallest absolute Gasteiger partial charge is 0.379 e. The fourth-order valence-electron chi connectivity index (χ4n) is 3.82. The normalized spacial score (nSPS) is 11.8. The average molecular weight is 573 g/mol. The van der Waals surface area contributed by atoms with Crippen molar-refractivity contribution in [2.24, 2.45) is 0 Å². The van der Waals surface area contributed by atoms with E-state index in [9.17, 15) is 23.2 Å². The van der Waals surface area contributed by atoms with E-state index in [4.69, 9.17) is 11.6 Å². The van der Waals surface area contributed by atoms with Gasteiger partial charge in [0.15, 0.2) is 5.82 Å². The second kappa shape index (κ2) is 10.9. The lowest BCUT2D eigenvalue weighted by Crippen LogP contribution is -2.41. The number of rotatable bonds is 7. The lowest BCUT2D eigenvalue weighted by molar-refractivity contribution is -0.145. The van der Waals surface area contributed by atoms with E-state index in [1.807, 2.05) is 20.8 Å². The molecule has 4 aromatic rings. The number of nitriles is 1. The van der Waals surface area contributed by atoms with Crippen molar-refractivity contribution in [3.63, 3.8) is 0 Å². The number of alkyl halides is 3. The first kappa shape index (κ1) is 28.5. The monoisotopic (exact) mass is 572 g/mol. The summed E-state index contributed by atoms with van der Waals surface area (Å²) in [6.45, 7) is 7.21. The van der Waals surface area contributed by atoms with E-state index < -0.39 is 17.5 Å². The first-order valence-electron chi connectivity index (χ1n) is 11.9. The van der Waals surface area contributed by atoms with E-state index >= 15 is 0 Å². The van der Waals surface area contributed by atoms with Gasteiger partial charge in [-0.3, -0.25) is 4.79 Å². The third kappa shape index (κ3) is 6.55. The largest absolute Gasteiger partial charge is 0.455 e. The predicted molar refractivity (Wildman–Crippen MR) is 139 cm³/mol. The number of carbonyl (C=O) groups is 1. The fourth-order valence-corrected chi connectivity index (χ4v) is 4.02. The van der Waals surface area contributed by atoms with Crippen molar-refractivity contribution in [1.29, 1.82) is 5.26 Å². The van der Waals surface area contributed by atoms with Crippen molar-refractivity contribution in [1.82, 2.24) is 40.3 Å². The highest BCUT2D eigenvalue weighted by Crippen LogP contribution is 2.27. The number of aryl methyl sites for hydroxylation is 1. The second-order valence-electron chi connectivity index (χ2n) is 9.87. The Morgan fingerprint density at radius 2 is 1.93 bits per heavy atom. The van der Waals surface area contributed by atoms with E-state index in [0.29, 0.717) is 28.2 Å². The summed E-state index contributed by atoms with van der Waals surface area (Å²) in [5, 5.41) is 30.3. The molecule has 11 nitrogen and oxygen atoms in total. The lowest BCUT2D eigenvalue weighted by atomic mass is 10.0. The summed E-state index contributed by atoms with van der Waals surface area (Å²) in [5.74, 6) is -1.44. The maximum atomic E-state index is 13.1. The van der Waals surface area contributed by atoms with Crippen LogP contribution >= 0.6 is 11.6 Å². The van der Waals surface area contributed by atoms with Gasteiger partial charge in [-0.05, 0) is 68.8 Å². The number of benzene rings is 1. The SMILES string of the molecule is Cc1cc(C#N)cc(C(=O)NC(C)(C)C)c1NCc1cc(Cn2nnc(C(F)(F)F)n2)nn1-c1ncccc1Cl. The third-order valence-corrected chi connectivity index (χ3v) is 5.72. The molecule has 0 fully saturated rings. The van der Waals surface area contributed by atoms with Crippen molar-refractivity contribution < 1.29 is 18.0 Å². The minimum atomic E-state index is -4.73. The van der Waals surface area contributed by atoms with E-state index in [-0.39, 0.29) is 35.4 Å². The summed E-state index contributed by atoms with van der Waals surface area (Å²) in [7, 11) is 0. The molecule has 3 heterocycles. The molecule has 15 heteroatoms. The van der Waals surface area contributed by atoms with Crippen molar-refractivity contribution in [2.45, 2.75) is 52.5 Å². The van der Waals surface area contributed by atoms with Gasteiger partial charge in [-0.2, -0.15) is 28.3 Å². The number of tetrazole rings is 1. The standard InChI is InChI=1S/C25H24ClF3N10O/c1-14-8-15(11-30)9-18(22(40)33-24(2,3)4)20(14)32-12-17-10-16(13-38-36-23(34-37-38)25(27,28)29)35-39(17)21-19(26)6-5-7-31-21/h5-10,32H,12-13H2,1-4H3,(H,33,40). The number of nitrogens with one attached hydrogen (secondary N) is 2. The topological polar surface area (TPSA) is 139 Å². The number of hydrogen-bond donors (Lipinski definition) is 2. The molecule has 0 radical (unpaired) electrons. The Balaban J connectivity index is 1.70. The Hall–Kier alpha value is -4.51. The molecule has 0 atom stereocenters. The van der Waals surface area contributed by atoms with Crippen molar-refractivity contribution in [3.8, 4) is 11.9 Å². The highest BCUT2D eigenvalue weighted by molar-refractivity contribution is 6.32. The number of carbonyl (C=O) groups excluding carboxylic acids is 1. The zero-order valence-electron chi connectivity index (χ0n) is 21.9. The number of anilines is 1. The van der Waals surface area contributed by atoms with Crippen LogP contribution in [0.25, 0.3) is 5.82 Å². The molecular weight excluding hydrogens is 549 g/mol. The summed E-state index contributed by atoms with van der Waals surface area (Å²) in [6, 6.07) is 10.1. The maximum Gasteiger partial charge on any atom is 0.455 e. The molecule has 2 N–H and O–H groups in total. The van der Waals surface area contributed by atoms with Crippen LogP contribution in [0.1, 0.15) is 59.5 Å². The predicted octanol–water partition coefficient (Wildman–Crippen LogP) is 4.29. The molecule has 0 unspecified atom stereocenters. The van der Waals surface area contributed by atoms with Gasteiger partial charge in [0.1, 0.15) is 6.54 Å². The van der Waals surface area contributed by atoms with Crippen molar-refractivity contribution in [2.75, 3.05) is 5.32 Å². The molecule has 0 saturated carbocycles. The lowest BCUT2D eigenvalue weighted by Gasteiger charge is -2.22. The van der Waals surface area contributed by atoms with Gasteiger partial charge in [-0.15, -0.1) is 10.2 Å². The van der Waals surface area contributed by atoms with Gasteiger partial charge in [-0.25, -0.2) is 9.67 Å². The number of nitrogens with zero attached hydrogens (tertiary/aromatic N) is 8. The Morgan fingerprint density at radius 3 is 2.55 bits per heavy atom. The molecule has 0 spiro atoms. The summed E-state index contributed by atoms with van der Waals surface area (Å²) in [5.41, 5.74) is 2.08. The Kier molecular flexibility index (Phi) is 7.79. The zero-order valence-corrected chi connectivity index (χ0v) is 22.6. The molecule has 40 heavy (non-hydrogen) atoms.